The molecule has 0 aromatic heterocycles. The van der Waals surface area contributed by atoms with Crippen molar-refractivity contribution in [1.29, 1.82) is 0 Å². The Morgan fingerprint density at radius 2 is 1.68 bits per heavy atom. The summed E-state index contributed by atoms with van der Waals surface area (Å²) in [4.78, 5) is 14.7. The second-order valence-corrected chi connectivity index (χ2v) is 7.20. The van der Waals surface area contributed by atoms with E-state index in [4.69, 9.17) is 11.6 Å². The summed E-state index contributed by atoms with van der Waals surface area (Å²) in [6.45, 7) is 7.25. The molecule has 0 saturated carbocycles. The van der Waals surface area contributed by atoms with Crippen molar-refractivity contribution in [3.05, 3.63) is 69.2 Å². The molecule has 0 aliphatic heterocycles. The van der Waals surface area contributed by atoms with Crippen molar-refractivity contribution in [2.45, 2.75) is 19.9 Å². The van der Waals surface area contributed by atoms with Gasteiger partial charge in [-0.15, -0.1) is 0 Å². The molecule has 2 rings (SSSR count). The van der Waals surface area contributed by atoms with Gasteiger partial charge in [0.05, 0.1) is 6.54 Å². The molecule has 5 heteroatoms. The molecule has 0 aliphatic carbocycles. The summed E-state index contributed by atoms with van der Waals surface area (Å²) in [6, 6.07) is 15.6. The molecular weight excluding hydrogens is 400 g/mol. The number of Topliss-reactive ketones (excluding diaryl/α,β-unsaturated/α-hetero) is 1. The number of nitrogens with zero attached hydrogens (tertiary/aromatic N) is 1. The van der Waals surface area contributed by atoms with Gasteiger partial charge in [0.2, 0.25) is 0 Å². The number of hydrogen-bond donors (Lipinski definition) is 1. The van der Waals surface area contributed by atoms with E-state index in [1.54, 1.807) is 0 Å². The Morgan fingerprint density at radius 1 is 1.08 bits per heavy atom. The molecule has 3 nitrogen and oxygen atoms in total. The average molecular weight is 424 g/mol. The van der Waals surface area contributed by atoms with Crippen molar-refractivity contribution in [3.8, 4) is 0 Å². The van der Waals surface area contributed by atoms with Crippen LogP contribution < -0.4 is 5.32 Å². The van der Waals surface area contributed by atoms with Crippen molar-refractivity contribution < 1.29 is 4.79 Å². The first-order chi connectivity index (χ1) is 12.0. The first kappa shape index (κ1) is 20.1. The zero-order chi connectivity index (χ0) is 18.2. The Labute approximate surface area is 163 Å². The molecule has 2 aromatic carbocycles. The Bertz CT molecular complexity index is 669. The van der Waals surface area contributed by atoms with Crippen molar-refractivity contribution in [3.63, 3.8) is 0 Å². The molecule has 0 radical (unpaired) electrons. The predicted octanol–water partition coefficient (Wildman–Crippen LogP) is 4.96. The normalized spacial score (nSPS) is 12.4. The molecule has 0 amide bonds. The fourth-order valence-electron chi connectivity index (χ4n) is 2.87. The largest absolute Gasteiger partial charge is 0.308 e. The summed E-state index contributed by atoms with van der Waals surface area (Å²) in [5, 5.41) is 4.06. The van der Waals surface area contributed by atoms with Gasteiger partial charge in [0.1, 0.15) is 0 Å². The van der Waals surface area contributed by atoms with Gasteiger partial charge in [0, 0.05) is 27.6 Å². The van der Waals surface area contributed by atoms with E-state index in [1.807, 2.05) is 36.4 Å². The van der Waals surface area contributed by atoms with E-state index in [1.165, 1.54) is 5.56 Å². The third kappa shape index (κ3) is 5.93. The second-order valence-electron chi connectivity index (χ2n) is 5.85. The van der Waals surface area contributed by atoms with Crippen LogP contribution in [0.3, 0.4) is 0 Å². The third-order valence-corrected chi connectivity index (χ3v) is 5.08. The Balaban J connectivity index is 2.00. The number of halogens is 2. The minimum absolute atomic E-state index is 0.0990. The lowest BCUT2D eigenvalue weighted by atomic mass is 10.0. The zero-order valence-corrected chi connectivity index (χ0v) is 17.0. The molecule has 0 bridgehead atoms. The van der Waals surface area contributed by atoms with Gasteiger partial charge in [0.15, 0.2) is 5.78 Å². The van der Waals surface area contributed by atoms with E-state index in [-0.39, 0.29) is 11.8 Å². The summed E-state index contributed by atoms with van der Waals surface area (Å²) in [5.74, 6) is 0.0990. The number of likely N-dealkylation sites (N-methyl/N-ethyl adjacent to an activating group) is 1. The van der Waals surface area contributed by atoms with Gasteiger partial charge in [0.25, 0.3) is 0 Å². The molecular formula is C20H24BrClN2O. The smallest absolute Gasteiger partial charge is 0.176 e. The van der Waals surface area contributed by atoms with E-state index in [9.17, 15) is 4.79 Å². The van der Waals surface area contributed by atoms with E-state index < -0.39 is 0 Å². The second kappa shape index (κ2) is 10.1. The van der Waals surface area contributed by atoms with Crippen LogP contribution in [0.4, 0.5) is 0 Å². The monoisotopic (exact) mass is 422 g/mol. The molecule has 25 heavy (non-hydrogen) atoms. The van der Waals surface area contributed by atoms with Crippen LogP contribution in [-0.4, -0.2) is 36.9 Å². The van der Waals surface area contributed by atoms with Crippen molar-refractivity contribution in [1.82, 2.24) is 10.2 Å². The van der Waals surface area contributed by atoms with Crippen molar-refractivity contribution in [2.75, 3.05) is 26.2 Å². The van der Waals surface area contributed by atoms with Gasteiger partial charge < -0.3 is 5.32 Å². The van der Waals surface area contributed by atoms with Crippen LogP contribution in [0.25, 0.3) is 0 Å². The van der Waals surface area contributed by atoms with Gasteiger partial charge in [-0.3, -0.25) is 9.69 Å². The lowest BCUT2D eigenvalue weighted by molar-refractivity contribution is 0.0987. The van der Waals surface area contributed by atoms with Gasteiger partial charge >= 0.3 is 0 Å². The van der Waals surface area contributed by atoms with Crippen LogP contribution in [0.2, 0.25) is 5.02 Å². The fourth-order valence-corrected chi connectivity index (χ4v) is 3.26. The number of ketones is 1. The lowest BCUT2D eigenvalue weighted by Crippen LogP contribution is -2.37. The number of carbonyl (C=O) groups excluding carboxylic acids is 1. The van der Waals surface area contributed by atoms with Gasteiger partial charge in [-0.1, -0.05) is 65.6 Å². The molecule has 0 heterocycles. The highest BCUT2D eigenvalue weighted by atomic mass is 79.9. The highest BCUT2D eigenvalue weighted by molar-refractivity contribution is 9.10. The maximum atomic E-state index is 12.3. The summed E-state index contributed by atoms with van der Waals surface area (Å²) >= 11 is 9.40. The Hall–Kier alpha value is -1.20. The Kier molecular flexibility index (Phi) is 8.10. The van der Waals surface area contributed by atoms with E-state index >= 15 is 0 Å². The molecule has 2 aromatic rings. The van der Waals surface area contributed by atoms with Crippen LogP contribution in [0.5, 0.6) is 0 Å². The standard InChI is InChI=1S/C20H24BrClN2O/c1-3-24(4-2)19(15-7-11-18(22)12-8-15)13-23-14-20(25)16-5-9-17(21)10-6-16/h5-12,19,23H,3-4,13-14H2,1-2H3. The minimum atomic E-state index is 0.0990. The quantitative estimate of drug-likeness (QED) is 0.579. The van der Waals surface area contributed by atoms with Crippen LogP contribution in [0.1, 0.15) is 35.8 Å². The van der Waals surface area contributed by atoms with Crippen LogP contribution >= 0.6 is 27.5 Å². The fraction of sp³-hybridized carbons (Fsp3) is 0.350. The Morgan fingerprint density at radius 3 is 2.24 bits per heavy atom. The van der Waals surface area contributed by atoms with Gasteiger partial charge in [-0.05, 0) is 42.9 Å². The van der Waals surface area contributed by atoms with Gasteiger partial charge in [-0.25, -0.2) is 0 Å². The predicted molar refractivity (Wildman–Crippen MR) is 108 cm³/mol. The van der Waals surface area contributed by atoms with Crippen LogP contribution in [0, 0.1) is 0 Å². The first-order valence-electron chi connectivity index (χ1n) is 8.54. The molecule has 0 spiro atoms. The van der Waals surface area contributed by atoms with Crippen LogP contribution in [-0.2, 0) is 0 Å². The topological polar surface area (TPSA) is 32.3 Å². The molecule has 1 N–H and O–H groups in total. The maximum Gasteiger partial charge on any atom is 0.176 e. The SMILES string of the molecule is CCN(CC)C(CNCC(=O)c1ccc(Br)cc1)c1ccc(Cl)cc1. The number of carbonyl (C=O) groups is 1. The molecule has 1 atom stereocenters. The van der Waals surface area contributed by atoms with Gasteiger partial charge in [-0.2, -0.15) is 0 Å². The maximum absolute atomic E-state index is 12.3. The third-order valence-electron chi connectivity index (χ3n) is 4.30. The highest BCUT2D eigenvalue weighted by Gasteiger charge is 2.18. The van der Waals surface area contributed by atoms with Crippen molar-refractivity contribution >= 4 is 33.3 Å². The van der Waals surface area contributed by atoms with E-state index in [2.05, 4.69) is 52.1 Å². The highest BCUT2D eigenvalue weighted by Crippen LogP contribution is 2.22. The molecule has 0 aliphatic rings. The summed E-state index contributed by atoms with van der Waals surface area (Å²) in [6.07, 6.45) is 0. The van der Waals surface area contributed by atoms with Crippen molar-refractivity contribution in [2.24, 2.45) is 0 Å². The molecule has 1 unspecified atom stereocenters. The van der Waals surface area contributed by atoms with E-state index in [0.29, 0.717) is 13.1 Å². The summed E-state index contributed by atoms with van der Waals surface area (Å²) in [5.41, 5.74) is 1.93. The number of hydrogen-bond acceptors (Lipinski definition) is 3. The number of benzene rings is 2. The first-order valence-corrected chi connectivity index (χ1v) is 9.71. The van der Waals surface area contributed by atoms with Crippen LogP contribution in [0.15, 0.2) is 53.0 Å². The number of nitrogens with one attached hydrogen (secondary N) is 1. The van der Waals surface area contributed by atoms with E-state index in [0.717, 1.165) is 28.1 Å². The molecule has 0 fully saturated rings. The molecule has 134 valence electrons. The average Bonchev–Trinajstić information content (AvgIpc) is 2.62. The summed E-state index contributed by atoms with van der Waals surface area (Å²) in [7, 11) is 0. The minimum Gasteiger partial charge on any atom is -0.308 e. The summed E-state index contributed by atoms with van der Waals surface area (Å²) < 4.78 is 0.973. The number of rotatable bonds is 9. The lowest BCUT2D eigenvalue weighted by Gasteiger charge is -2.30. The zero-order valence-electron chi connectivity index (χ0n) is 14.6. The molecule has 0 saturated heterocycles.